The number of unbranched alkanes of at least 4 members (excludes halogenated alkanes) is 4. The van der Waals surface area contributed by atoms with E-state index in [2.05, 4.69) is 27.7 Å². The molecule has 1 aliphatic carbocycles. The second-order valence-electron chi connectivity index (χ2n) is 8.90. The van der Waals surface area contributed by atoms with Crippen LogP contribution in [0.5, 0.6) is 0 Å². The molecule has 0 heterocycles. The van der Waals surface area contributed by atoms with Crippen LogP contribution in [-0.2, 0) is 10.1 Å². The Labute approximate surface area is 181 Å². The van der Waals surface area contributed by atoms with Crippen LogP contribution in [0.2, 0.25) is 0 Å². The first kappa shape index (κ1) is 28.4. The van der Waals surface area contributed by atoms with Gasteiger partial charge in [0.25, 0.3) is 0 Å². The van der Waals surface area contributed by atoms with Crippen LogP contribution in [0.25, 0.3) is 0 Å². The molecule has 4 nitrogen and oxygen atoms in total. The van der Waals surface area contributed by atoms with Gasteiger partial charge in [0.1, 0.15) is 10.1 Å². The minimum atomic E-state index is -4.23. The third-order valence-electron chi connectivity index (χ3n) is 6.04. The Balaban J connectivity index is 0.000000571. The molecule has 0 amide bonds. The fraction of sp³-hybridized carbons (Fsp3) is 0.833. The highest BCUT2D eigenvalue weighted by Gasteiger charge is 2.29. The predicted molar refractivity (Wildman–Crippen MR) is 125 cm³/mol. The summed E-state index contributed by atoms with van der Waals surface area (Å²) < 4.78 is 32.5. The lowest BCUT2D eigenvalue weighted by atomic mass is 9.98. The van der Waals surface area contributed by atoms with Crippen LogP contribution in [0.15, 0.2) is 23.8 Å². The van der Waals surface area contributed by atoms with E-state index in [1.165, 1.54) is 95.0 Å². The Morgan fingerprint density at radius 1 is 0.897 bits per heavy atom. The summed E-state index contributed by atoms with van der Waals surface area (Å²) in [6, 6.07) is 0. The van der Waals surface area contributed by atoms with Gasteiger partial charge in [0.15, 0.2) is 0 Å². The van der Waals surface area contributed by atoms with Crippen molar-refractivity contribution in [3.05, 3.63) is 23.8 Å². The van der Waals surface area contributed by atoms with Gasteiger partial charge in [-0.25, -0.2) is 8.42 Å². The topological polar surface area (TPSA) is 57.2 Å². The number of rotatable bonds is 13. The SMILES string of the molecule is CC1=CCC(C)(S(=O)(=O)[O-])C=C1.CCCC[N+](CCCC)(CCCC)CCCC. The molecule has 172 valence electrons. The third kappa shape index (κ3) is 10.8. The van der Waals surface area contributed by atoms with Crippen LogP contribution in [0, 0.1) is 0 Å². The van der Waals surface area contributed by atoms with Gasteiger partial charge in [0.05, 0.1) is 30.9 Å². The van der Waals surface area contributed by atoms with Crippen LogP contribution in [0.3, 0.4) is 0 Å². The van der Waals surface area contributed by atoms with E-state index in [9.17, 15) is 13.0 Å². The van der Waals surface area contributed by atoms with Gasteiger partial charge in [0, 0.05) is 0 Å². The molecule has 1 rings (SSSR count). The van der Waals surface area contributed by atoms with E-state index < -0.39 is 14.9 Å². The molecule has 0 saturated carbocycles. The standard InChI is InChI=1S/C16H36N.C8H12O3S/c1-5-9-13-17(14-10-6-2,15-11-7-3)16-12-8-4;1-7-3-5-8(2,6-4-7)12(9,10)11/h5-16H2,1-4H3;3-5H,6H2,1-2H3,(H,9,10,11)/q+1;/p-1. The van der Waals surface area contributed by atoms with E-state index in [1.54, 1.807) is 12.2 Å². The van der Waals surface area contributed by atoms with Gasteiger partial charge in [-0.2, -0.15) is 0 Å². The maximum atomic E-state index is 10.8. The molecule has 0 radical (unpaired) electrons. The van der Waals surface area contributed by atoms with Crippen molar-refractivity contribution in [1.29, 1.82) is 0 Å². The Morgan fingerprint density at radius 3 is 1.52 bits per heavy atom. The second-order valence-corrected chi connectivity index (χ2v) is 10.7. The first-order valence-electron chi connectivity index (χ1n) is 11.8. The van der Waals surface area contributed by atoms with Crippen LogP contribution in [0.1, 0.15) is 99.3 Å². The van der Waals surface area contributed by atoms with Gasteiger partial charge >= 0.3 is 0 Å². The minimum absolute atomic E-state index is 0.279. The highest BCUT2D eigenvalue weighted by atomic mass is 32.2. The van der Waals surface area contributed by atoms with Gasteiger partial charge in [-0.1, -0.05) is 77.2 Å². The minimum Gasteiger partial charge on any atom is -0.747 e. The van der Waals surface area contributed by atoms with Crippen LogP contribution in [0.4, 0.5) is 0 Å². The van der Waals surface area contributed by atoms with Gasteiger partial charge in [-0.3, -0.25) is 0 Å². The normalized spacial score (nSPS) is 19.5. The summed E-state index contributed by atoms with van der Waals surface area (Å²) in [5.41, 5.74) is 0.996. The highest BCUT2D eigenvalue weighted by molar-refractivity contribution is 7.87. The fourth-order valence-corrected chi connectivity index (χ4v) is 4.16. The molecule has 0 saturated heterocycles. The predicted octanol–water partition coefficient (Wildman–Crippen LogP) is 6.20. The average molecular weight is 430 g/mol. The molecule has 0 fully saturated rings. The van der Waals surface area contributed by atoms with Crippen molar-refractivity contribution in [2.24, 2.45) is 0 Å². The van der Waals surface area contributed by atoms with Crippen LogP contribution >= 0.6 is 0 Å². The summed E-state index contributed by atoms with van der Waals surface area (Å²) in [7, 11) is -4.23. The maximum absolute atomic E-state index is 10.8. The van der Waals surface area contributed by atoms with E-state index >= 15 is 0 Å². The molecule has 0 aliphatic heterocycles. The van der Waals surface area contributed by atoms with Gasteiger partial charge in [0.2, 0.25) is 0 Å². The molecular formula is C24H47NO3S. The second kappa shape index (κ2) is 14.4. The lowest BCUT2D eigenvalue weighted by Crippen LogP contribution is -2.50. The number of hydrogen-bond donors (Lipinski definition) is 0. The van der Waals surface area contributed by atoms with E-state index in [0.29, 0.717) is 0 Å². The van der Waals surface area contributed by atoms with E-state index in [-0.39, 0.29) is 6.42 Å². The molecule has 1 aliphatic rings. The molecule has 1 atom stereocenters. The Hall–Kier alpha value is -0.650. The highest BCUT2D eigenvalue weighted by Crippen LogP contribution is 2.27. The van der Waals surface area contributed by atoms with Crippen molar-refractivity contribution in [1.82, 2.24) is 0 Å². The van der Waals surface area contributed by atoms with E-state index in [1.807, 2.05) is 6.92 Å². The quantitative estimate of drug-likeness (QED) is 0.259. The van der Waals surface area contributed by atoms with Crippen molar-refractivity contribution in [3.63, 3.8) is 0 Å². The van der Waals surface area contributed by atoms with Gasteiger partial charge in [-0.15, -0.1) is 0 Å². The molecule has 29 heavy (non-hydrogen) atoms. The Kier molecular flexibility index (Phi) is 14.0. The lowest BCUT2D eigenvalue weighted by Gasteiger charge is -2.39. The Morgan fingerprint density at radius 2 is 1.28 bits per heavy atom. The summed E-state index contributed by atoms with van der Waals surface area (Å²) >= 11 is 0. The average Bonchev–Trinajstić information content (AvgIpc) is 2.69. The zero-order valence-corrected chi connectivity index (χ0v) is 20.8. The van der Waals surface area contributed by atoms with Gasteiger partial charge in [-0.05, 0) is 46.0 Å². The smallest absolute Gasteiger partial charge is 0.104 e. The Bertz CT molecular complexity index is 558. The van der Waals surface area contributed by atoms with Crippen molar-refractivity contribution < 1.29 is 17.5 Å². The van der Waals surface area contributed by atoms with Crippen LogP contribution in [-0.4, -0.2) is 48.4 Å². The summed E-state index contributed by atoms with van der Waals surface area (Å²) in [6.45, 7) is 18.3. The molecule has 5 heteroatoms. The molecule has 1 unspecified atom stereocenters. The molecule has 0 aromatic rings. The molecule has 0 aromatic heterocycles. The summed E-state index contributed by atoms with van der Waals surface area (Å²) in [5, 5.41) is 0. The number of nitrogens with zero attached hydrogens (tertiary/aromatic N) is 1. The van der Waals surface area contributed by atoms with E-state index in [0.717, 1.165) is 5.57 Å². The van der Waals surface area contributed by atoms with Gasteiger partial charge < -0.3 is 9.04 Å². The summed E-state index contributed by atoms with van der Waals surface area (Å²) in [6.07, 6.45) is 16.2. The molecular weight excluding hydrogens is 382 g/mol. The van der Waals surface area contributed by atoms with Crippen molar-refractivity contribution in [3.8, 4) is 0 Å². The first-order chi connectivity index (χ1) is 13.6. The number of quaternary nitrogens is 1. The largest absolute Gasteiger partial charge is 0.747 e. The lowest BCUT2D eigenvalue weighted by molar-refractivity contribution is -0.929. The van der Waals surface area contributed by atoms with Crippen molar-refractivity contribution in [2.75, 3.05) is 26.2 Å². The summed E-state index contributed by atoms with van der Waals surface area (Å²) in [5.74, 6) is 0. The number of hydrogen-bond acceptors (Lipinski definition) is 3. The van der Waals surface area contributed by atoms with Crippen molar-refractivity contribution in [2.45, 2.75) is 104 Å². The summed E-state index contributed by atoms with van der Waals surface area (Å²) in [4.78, 5) is 0. The molecule has 0 N–H and O–H groups in total. The van der Waals surface area contributed by atoms with Crippen molar-refractivity contribution >= 4 is 10.1 Å². The van der Waals surface area contributed by atoms with E-state index in [4.69, 9.17) is 0 Å². The maximum Gasteiger partial charge on any atom is 0.104 e. The van der Waals surface area contributed by atoms with Crippen LogP contribution < -0.4 is 0 Å². The zero-order chi connectivity index (χ0) is 22.4. The fourth-order valence-electron chi connectivity index (χ4n) is 3.64. The first-order valence-corrected chi connectivity index (χ1v) is 13.2. The third-order valence-corrected chi connectivity index (χ3v) is 7.49. The zero-order valence-electron chi connectivity index (χ0n) is 20.0. The molecule has 0 bridgehead atoms. The number of allylic oxidation sites excluding steroid dienone is 3. The monoisotopic (exact) mass is 429 g/mol. The molecule has 0 aromatic carbocycles. The molecule has 0 spiro atoms.